The summed E-state index contributed by atoms with van der Waals surface area (Å²) in [5.41, 5.74) is 4.73. The Hall–Kier alpha value is -1.10. The van der Waals surface area contributed by atoms with Gasteiger partial charge in [-0.3, -0.25) is 9.59 Å². The number of amides is 1. The Morgan fingerprint density at radius 2 is 1.86 bits per heavy atom. The predicted octanol–water partition coefficient (Wildman–Crippen LogP) is 1.90. The number of rotatable bonds is 4. The summed E-state index contributed by atoms with van der Waals surface area (Å²) in [5.74, 6) is -0.281. The molecule has 0 aliphatic heterocycles. The molecule has 1 amide bonds. The average Bonchev–Trinajstić information content (AvgIpc) is 2.79. The second-order valence-electron chi connectivity index (χ2n) is 7.37. The number of carbonyl (C=O) groups excluding carboxylic acids is 1. The molecule has 0 heterocycles. The van der Waals surface area contributed by atoms with Crippen LogP contribution in [0.15, 0.2) is 0 Å². The highest BCUT2D eigenvalue weighted by atomic mass is 16.4. The second kappa shape index (κ2) is 5.95. The van der Waals surface area contributed by atoms with Crippen LogP contribution in [0.1, 0.15) is 58.8 Å². The van der Waals surface area contributed by atoms with Crippen molar-refractivity contribution in [2.75, 3.05) is 6.54 Å². The van der Waals surface area contributed by atoms with Crippen LogP contribution in [0.2, 0.25) is 0 Å². The molecule has 0 spiro atoms. The molecule has 0 bridgehead atoms. The zero-order chi connectivity index (χ0) is 15.7. The zero-order valence-electron chi connectivity index (χ0n) is 13.2. The molecule has 5 heteroatoms. The fourth-order valence-electron chi connectivity index (χ4n) is 3.71. The van der Waals surface area contributed by atoms with Gasteiger partial charge in [-0.05, 0) is 51.4 Å². The highest BCUT2D eigenvalue weighted by Crippen LogP contribution is 2.40. The van der Waals surface area contributed by atoms with E-state index in [1.807, 2.05) is 6.92 Å². The predicted molar refractivity (Wildman–Crippen MR) is 80.6 cm³/mol. The minimum atomic E-state index is -0.790. The van der Waals surface area contributed by atoms with Gasteiger partial charge >= 0.3 is 5.97 Å². The van der Waals surface area contributed by atoms with Crippen LogP contribution in [-0.2, 0) is 9.59 Å². The fourth-order valence-corrected chi connectivity index (χ4v) is 3.71. The van der Waals surface area contributed by atoms with Crippen LogP contribution < -0.4 is 11.1 Å². The van der Waals surface area contributed by atoms with Gasteiger partial charge < -0.3 is 16.2 Å². The van der Waals surface area contributed by atoms with E-state index in [0.717, 1.165) is 32.1 Å². The van der Waals surface area contributed by atoms with Crippen molar-refractivity contribution in [1.29, 1.82) is 0 Å². The molecular formula is C16H28N2O3. The van der Waals surface area contributed by atoms with Crippen LogP contribution in [0.4, 0.5) is 0 Å². The van der Waals surface area contributed by atoms with E-state index in [-0.39, 0.29) is 18.5 Å². The second-order valence-corrected chi connectivity index (χ2v) is 7.37. The SMILES string of the molecule is CC1CCC(CNC(=O)C2(C)CCCC2N)(C(=O)O)CC1. The Kier molecular flexibility index (Phi) is 4.61. The summed E-state index contributed by atoms with van der Waals surface area (Å²) >= 11 is 0. The molecule has 0 aromatic rings. The lowest BCUT2D eigenvalue weighted by Crippen LogP contribution is -2.52. The Labute approximate surface area is 126 Å². The van der Waals surface area contributed by atoms with E-state index in [0.29, 0.717) is 18.8 Å². The van der Waals surface area contributed by atoms with Crippen molar-refractivity contribution in [1.82, 2.24) is 5.32 Å². The molecule has 2 aliphatic rings. The lowest BCUT2D eigenvalue weighted by Gasteiger charge is -2.37. The standard InChI is InChI=1S/C16H28N2O3/c1-11-5-8-16(9-6-11,14(20)21)10-18-13(19)15(2)7-3-4-12(15)17/h11-12H,3-10,17H2,1-2H3,(H,18,19)(H,20,21). The van der Waals surface area contributed by atoms with E-state index in [9.17, 15) is 14.7 Å². The first-order chi connectivity index (χ1) is 9.80. The van der Waals surface area contributed by atoms with Crippen LogP contribution in [0, 0.1) is 16.7 Å². The Morgan fingerprint density at radius 3 is 2.33 bits per heavy atom. The van der Waals surface area contributed by atoms with Gasteiger partial charge in [-0.15, -0.1) is 0 Å². The van der Waals surface area contributed by atoms with E-state index in [2.05, 4.69) is 12.2 Å². The highest BCUT2D eigenvalue weighted by molar-refractivity contribution is 5.84. The number of nitrogens with one attached hydrogen (secondary N) is 1. The van der Waals surface area contributed by atoms with Gasteiger partial charge in [0.25, 0.3) is 0 Å². The normalized spacial score (nSPS) is 40.0. The van der Waals surface area contributed by atoms with E-state index in [1.165, 1.54) is 0 Å². The van der Waals surface area contributed by atoms with Crippen LogP contribution >= 0.6 is 0 Å². The molecule has 21 heavy (non-hydrogen) atoms. The van der Waals surface area contributed by atoms with E-state index in [1.54, 1.807) is 0 Å². The molecule has 2 atom stereocenters. The summed E-state index contributed by atoms with van der Waals surface area (Å²) in [7, 11) is 0. The third-order valence-corrected chi connectivity index (χ3v) is 5.82. The number of nitrogens with two attached hydrogens (primary N) is 1. The van der Waals surface area contributed by atoms with Crippen LogP contribution in [-0.4, -0.2) is 29.6 Å². The fraction of sp³-hybridized carbons (Fsp3) is 0.875. The zero-order valence-corrected chi connectivity index (χ0v) is 13.2. The summed E-state index contributed by atoms with van der Waals surface area (Å²) < 4.78 is 0. The molecule has 0 aromatic heterocycles. The molecule has 0 saturated heterocycles. The maximum atomic E-state index is 12.5. The van der Waals surface area contributed by atoms with Crippen molar-refractivity contribution in [2.24, 2.45) is 22.5 Å². The van der Waals surface area contributed by atoms with Crippen molar-refractivity contribution in [3.63, 3.8) is 0 Å². The van der Waals surface area contributed by atoms with E-state index >= 15 is 0 Å². The van der Waals surface area contributed by atoms with Gasteiger partial charge in [0, 0.05) is 12.6 Å². The van der Waals surface area contributed by atoms with Crippen molar-refractivity contribution in [3.8, 4) is 0 Å². The molecule has 4 N–H and O–H groups in total. The number of hydrogen-bond donors (Lipinski definition) is 3. The molecule has 120 valence electrons. The molecule has 5 nitrogen and oxygen atoms in total. The molecule has 2 rings (SSSR count). The third kappa shape index (κ3) is 3.07. The largest absolute Gasteiger partial charge is 0.481 e. The van der Waals surface area contributed by atoms with Crippen LogP contribution in [0.3, 0.4) is 0 Å². The molecule has 2 saturated carbocycles. The Balaban J connectivity index is 1.99. The van der Waals surface area contributed by atoms with Crippen molar-refractivity contribution in [3.05, 3.63) is 0 Å². The van der Waals surface area contributed by atoms with Gasteiger partial charge in [-0.1, -0.05) is 13.3 Å². The maximum Gasteiger partial charge on any atom is 0.311 e. The Bertz CT molecular complexity index is 416. The summed E-state index contributed by atoms with van der Waals surface area (Å²) in [6.07, 6.45) is 5.74. The molecular weight excluding hydrogens is 268 g/mol. The average molecular weight is 296 g/mol. The van der Waals surface area contributed by atoms with Gasteiger partial charge in [-0.25, -0.2) is 0 Å². The van der Waals surface area contributed by atoms with Crippen LogP contribution in [0.25, 0.3) is 0 Å². The molecule has 2 aliphatic carbocycles. The van der Waals surface area contributed by atoms with Gasteiger partial charge in [0.15, 0.2) is 0 Å². The summed E-state index contributed by atoms with van der Waals surface area (Å²) in [4.78, 5) is 24.2. The quantitative estimate of drug-likeness (QED) is 0.738. The third-order valence-electron chi connectivity index (χ3n) is 5.82. The number of carboxylic acid groups (broad SMARTS) is 1. The lowest BCUT2D eigenvalue weighted by atomic mass is 9.70. The van der Waals surface area contributed by atoms with Crippen molar-refractivity contribution >= 4 is 11.9 Å². The lowest BCUT2D eigenvalue weighted by molar-refractivity contribution is -0.151. The minimum Gasteiger partial charge on any atom is -0.481 e. The summed E-state index contributed by atoms with van der Waals surface area (Å²) in [5, 5.41) is 12.5. The van der Waals surface area contributed by atoms with Crippen LogP contribution in [0.5, 0.6) is 0 Å². The number of hydrogen-bond acceptors (Lipinski definition) is 3. The van der Waals surface area contributed by atoms with Gasteiger partial charge in [0.1, 0.15) is 0 Å². The topological polar surface area (TPSA) is 92.4 Å². The smallest absolute Gasteiger partial charge is 0.311 e. The summed E-state index contributed by atoms with van der Waals surface area (Å²) in [6.45, 7) is 4.29. The van der Waals surface area contributed by atoms with Gasteiger partial charge in [-0.2, -0.15) is 0 Å². The number of carboxylic acids is 1. The molecule has 0 aromatic carbocycles. The number of aliphatic carboxylic acids is 1. The first-order valence-corrected chi connectivity index (χ1v) is 8.07. The number of carbonyl (C=O) groups is 2. The first kappa shape index (κ1) is 16.3. The molecule has 2 fully saturated rings. The highest BCUT2D eigenvalue weighted by Gasteiger charge is 2.46. The minimum absolute atomic E-state index is 0.0771. The van der Waals surface area contributed by atoms with Gasteiger partial charge in [0.05, 0.1) is 10.8 Å². The van der Waals surface area contributed by atoms with E-state index in [4.69, 9.17) is 5.73 Å². The first-order valence-electron chi connectivity index (χ1n) is 8.07. The Morgan fingerprint density at radius 1 is 1.24 bits per heavy atom. The maximum absolute atomic E-state index is 12.5. The van der Waals surface area contributed by atoms with Crippen molar-refractivity contribution in [2.45, 2.75) is 64.8 Å². The summed E-state index contributed by atoms with van der Waals surface area (Å²) in [6, 6.07) is -0.121. The molecule has 0 radical (unpaired) electrons. The monoisotopic (exact) mass is 296 g/mol. The molecule has 2 unspecified atom stereocenters. The van der Waals surface area contributed by atoms with Gasteiger partial charge in [0.2, 0.25) is 5.91 Å². The van der Waals surface area contributed by atoms with E-state index < -0.39 is 16.8 Å². The van der Waals surface area contributed by atoms with Crippen molar-refractivity contribution < 1.29 is 14.7 Å².